The summed E-state index contributed by atoms with van der Waals surface area (Å²) in [5, 5.41) is 10.7. The summed E-state index contributed by atoms with van der Waals surface area (Å²) in [7, 11) is 0. The summed E-state index contributed by atoms with van der Waals surface area (Å²) in [5.74, 6) is 1.68. The van der Waals surface area contributed by atoms with Gasteiger partial charge in [0.1, 0.15) is 5.82 Å². The Bertz CT molecular complexity index is 585. The molecule has 1 aromatic carbocycles. The van der Waals surface area contributed by atoms with E-state index in [2.05, 4.69) is 9.97 Å². The lowest BCUT2D eigenvalue weighted by Gasteiger charge is -2.04. The van der Waals surface area contributed by atoms with E-state index >= 15 is 0 Å². The van der Waals surface area contributed by atoms with Crippen LogP contribution < -0.4 is 0 Å². The van der Waals surface area contributed by atoms with Crippen LogP contribution in [0.15, 0.2) is 18.2 Å². The summed E-state index contributed by atoms with van der Waals surface area (Å²) in [4.78, 5) is 18.0. The molecule has 1 heterocycles. The highest BCUT2D eigenvalue weighted by Crippen LogP contribution is 2.28. The summed E-state index contributed by atoms with van der Waals surface area (Å²) in [5.41, 5.74) is 1.68. The first kappa shape index (κ1) is 11.2. The van der Waals surface area contributed by atoms with Crippen LogP contribution in [-0.4, -0.2) is 14.9 Å². The molecule has 5 nitrogen and oxygen atoms in total. The number of aromatic amines is 1. The van der Waals surface area contributed by atoms with Gasteiger partial charge in [-0.1, -0.05) is 25.7 Å². The second-order valence-electron chi connectivity index (χ2n) is 5.00. The maximum absolute atomic E-state index is 10.7. The zero-order valence-corrected chi connectivity index (χ0v) is 10.1. The lowest BCUT2D eigenvalue weighted by molar-refractivity contribution is -0.384. The van der Waals surface area contributed by atoms with Crippen molar-refractivity contribution in [2.75, 3.05) is 0 Å². The number of hydrogen-bond acceptors (Lipinski definition) is 3. The number of non-ortho nitro benzene ring substituents is 1. The molecule has 0 unspecified atom stereocenters. The molecule has 0 radical (unpaired) electrons. The van der Waals surface area contributed by atoms with Crippen molar-refractivity contribution < 1.29 is 4.92 Å². The number of hydrogen-bond donors (Lipinski definition) is 1. The molecule has 1 aliphatic carbocycles. The van der Waals surface area contributed by atoms with Gasteiger partial charge in [-0.2, -0.15) is 0 Å². The number of aromatic nitrogens is 2. The first-order valence-electron chi connectivity index (χ1n) is 6.35. The maximum Gasteiger partial charge on any atom is 0.271 e. The summed E-state index contributed by atoms with van der Waals surface area (Å²) < 4.78 is 0. The largest absolute Gasteiger partial charge is 0.342 e. The predicted molar refractivity (Wildman–Crippen MR) is 68.4 cm³/mol. The lowest BCUT2D eigenvalue weighted by Crippen LogP contribution is -2.00. The van der Waals surface area contributed by atoms with Crippen LogP contribution in [0, 0.1) is 16.0 Å². The molecule has 18 heavy (non-hydrogen) atoms. The monoisotopic (exact) mass is 245 g/mol. The zero-order chi connectivity index (χ0) is 12.5. The second kappa shape index (κ2) is 4.40. The van der Waals surface area contributed by atoms with E-state index in [0.29, 0.717) is 0 Å². The van der Waals surface area contributed by atoms with E-state index in [0.717, 1.165) is 29.2 Å². The second-order valence-corrected chi connectivity index (χ2v) is 5.00. The Hall–Kier alpha value is -1.91. The number of nitrogens with zero attached hydrogens (tertiary/aromatic N) is 2. The average Bonchev–Trinajstić information content (AvgIpc) is 2.96. The zero-order valence-electron chi connectivity index (χ0n) is 10.1. The molecule has 1 aromatic heterocycles. The van der Waals surface area contributed by atoms with Gasteiger partial charge in [0, 0.05) is 18.6 Å². The first-order chi connectivity index (χ1) is 8.72. The molecule has 0 bridgehead atoms. The number of nitrogens with one attached hydrogen (secondary N) is 1. The van der Waals surface area contributed by atoms with Crippen molar-refractivity contribution in [2.24, 2.45) is 5.92 Å². The van der Waals surface area contributed by atoms with Crippen molar-refractivity contribution >= 4 is 16.7 Å². The molecule has 1 fully saturated rings. The molecule has 2 aromatic rings. The molecular weight excluding hydrogens is 230 g/mol. The number of nitro benzene ring substituents is 1. The van der Waals surface area contributed by atoms with Crippen LogP contribution >= 0.6 is 0 Å². The standard InChI is InChI=1S/C13H15N3O2/c17-16(18)10-5-6-11-12(8-10)15-13(14-11)7-9-3-1-2-4-9/h5-6,8-9H,1-4,7H2,(H,14,15). The third kappa shape index (κ3) is 2.08. The minimum Gasteiger partial charge on any atom is -0.342 e. The van der Waals surface area contributed by atoms with Gasteiger partial charge in [0.2, 0.25) is 0 Å². The Morgan fingerprint density at radius 2 is 2.17 bits per heavy atom. The quantitative estimate of drug-likeness (QED) is 0.666. The third-order valence-corrected chi connectivity index (χ3v) is 3.68. The fourth-order valence-corrected chi connectivity index (χ4v) is 2.75. The van der Waals surface area contributed by atoms with Crippen LogP contribution in [-0.2, 0) is 6.42 Å². The van der Waals surface area contributed by atoms with Crippen molar-refractivity contribution in [1.82, 2.24) is 9.97 Å². The number of fused-ring (bicyclic) bond motifs is 1. The molecule has 0 amide bonds. The molecule has 0 atom stereocenters. The highest BCUT2D eigenvalue weighted by Gasteiger charge is 2.17. The van der Waals surface area contributed by atoms with Crippen LogP contribution in [0.25, 0.3) is 11.0 Å². The van der Waals surface area contributed by atoms with E-state index in [1.54, 1.807) is 12.1 Å². The van der Waals surface area contributed by atoms with Crippen LogP contribution in [0.3, 0.4) is 0 Å². The van der Waals surface area contributed by atoms with E-state index in [1.165, 1.54) is 31.7 Å². The Balaban J connectivity index is 1.87. The van der Waals surface area contributed by atoms with E-state index in [1.807, 2.05) is 0 Å². The van der Waals surface area contributed by atoms with Gasteiger partial charge >= 0.3 is 0 Å². The molecule has 0 spiro atoms. The summed E-state index contributed by atoms with van der Waals surface area (Å²) in [6, 6.07) is 4.77. The fraction of sp³-hybridized carbons (Fsp3) is 0.462. The van der Waals surface area contributed by atoms with Crippen molar-refractivity contribution in [3.8, 4) is 0 Å². The molecule has 1 saturated carbocycles. The Morgan fingerprint density at radius 3 is 2.89 bits per heavy atom. The molecular formula is C13H15N3O2. The molecule has 3 rings (SSSR count). The Morgan fingerprint density at radius 1 is 1.39 bits per heavy atom. The number of rotatable bonds is 3. The van der Waals surface area contributed by atoms with Gasteiger partial charge < -0.3 is 4.98 Å². The molecule has 0 saturated heterocycles. The van der Waals surface area contributed by atoms with Crippen molar-refractivity contribution in [2.45, 2.75) is 32.1 Å². The minimum atomic E-state index is -0.378. The number of H-pyrrole nitrogens is 1. The normalized spacial score (nSPS) is 16.4. The molecule has 5 heteroatoms. The van der Waals surface area contributed by atoms with E-state index in [4.69, 9.17) is 0 Å². The Labute approximate surface area is 104 Å². The topological polar surface area (TPSA) is 71.8 Å². The lowest BCUT2D eigenvalue weighted by atomic mass is 10.0. The summed E-state index contributed by atoms with van der Waals surface area (Å²) in [6.45, 7) is 0. The number of nitro groups is 1. The molecule has 94 valence electrons. The van der Waals surface area contributed by atoms with Gasteiger partial charge in [-0.05, 0) is 12.0 Å². The van der Waals surface area contributed by atoms with E-state index < -0.39 is 0 Å². The van der Waals surface area contributed by atoms with Crippen molar-refractivity contribution in [1.29, 1.82) is 0 Å². The molecule has 1 aliphatic rings. The van der Waals surface area contributed by atoms with Gasteiger partial charge in [0.15, 0.2) is 0 Å². The highest BCUT2D eigenvalue weighted by atomic mass is 16.6. The number of imidazole rings is 1. The summed E-state index contributed by atoms with van der Waals surface area (Å²) >= 11 is 0. The van der Waals surface area contributed by atoms with Crippen molar-refractivity contribution in [3.63, 3.8) is 0 Å². The van der Waals surface area contributed by atoms with Crippen LogP contribution in [0.5, 0.6) is 0 Å². The fourth-order valence-electron chi connectivity index (χ4n) is 2.75. The molecule has 0 aliphatic heterocycles. The Kier molecular flexibility index (Phi) is 2.74. The van der Waals surface area contributed by atoms with Gasteiger partial charge in [-0.15, -0.1) is 0 Å². The van der Waals surface area contributed by atoms with Crippen molar-refractivity contribution in [3.05, 3.63) is 34.1 Å². The minimum absolute atomic E-state index is 0.110. The van der Waals surface area contributed by atoms with Gasteiger partial charge in [-0.25, -0.2) is 4.98 Å². The average molecular weight is 245 g/mol. The highest BCUT2D eigenvalue weighted by molar-refractivity contribution is 5.77. The predicted octanol–water partition coefficient (Wildman–Crippen LogP) is 3.20. The maximum atomic E-state index is 10.7. The van der Waals surface area contributed by atoms with Gasteiger partial charge in [0.05, 0.1) is 16.0 Å². The van der Waals surface area contributed by atoms with Gasteiger partial charge in [-0.3, -0.25) is 10.1 Å². The van der Waals surface area contributed by atoms with E-state index in [9.17, 15) is 10.1 Å². The van der Waals surface area contributed by atoms with Gasteiger partial charge in [0.25, 0.3) is 5.69 Å². The summed E-state index contributed by atoms with van der Waals surface area (Å²) in [6.07, 6.45) is 6.14. The third-order valence-electron chi connectivity index (χ3n) is 3.68. The first-order valence-corrected chi connectivity index (χ1v) is 6.35. The van der Waals surface area contributed by atoms with Crippen LogP contribution in [0.2, 0.25) is 0 Å². The molecule has 1 N–H and O–H groups in total. The van der Waals surface area contributed by atoms with Crippen LogP contribution in [0.4, 0.5) is 5.69 Å². The number of benzene rings is 1. The smallest absolute Gasteiger partial charge is 0.271 e. The van der Waals surface area contributed by atoms with E-state index in [-0.39, 0.29) is 10.6 Å². The SMILES string of the molecule is O=[N+]([O-])c1ccc2nc(CC3CCCC3)[nH]c2c1. The van der Waals surface area contributed by atoms with Crippen LogP contribution in [0.1, 0.15) is 31.5 Å².